The van der Waals surface area contributed by atoms with Crippen LogP contribution in [0.3, 0.4) is 0 Å². The van der Waals surface area contributed by atoms with Crippen molar-refractivity contribution in [1.29, 1.82) is 0 Å². The third-order valence-electron chi connectivity index (χ3n) is 6.98. The number of anilines is 2. The van der Waals surface area contributed by atoms with Crippen molar-refractivity contribution >= 4 is 28.4 Å². The van der Waals surface area contributed by atoms with Crippen LogP contribution in [0.5, 0.6) is 0 Å². The van der Waals surface area contributed by atoms with Crippen LogP contribution in [-0.4, -0.2) is 56.7 Å². The number of fused-ring (bicyclic) bond motifs is 1. The maximum Gasteiger partial charge on any atom is 0.433 e. The molecule has 3 aromatic rings. The highest BCUT2D eigenvalue weighted by atomic mass is 19.4. The Morgan fingerprint density at radius 3 is 2.47 bits per heavy atom. The van der Waals surface area contributed by atoms with E-state index in [0.717, 1.165) is 6.07 Å². The summed E-state index contributed by atoms with van der Waals surface area (Å²) in [5.41, 5.74) is -0.250. The van der Waals surface area contributed by atoms with Gasteiger partial charge in [0.25, 0.3) is 6.43 Å². The molecular formula is C23H24F5N7O. The van der Waals surface area contributed by atoms with Gasteiger partial charge in [-0.25, -0.2) is 23.7 Å². The second kappa shape index (κ2) is 8.63. The molecule has 1 amide bonds. The van der Waals surface area contributed by atoms with Crippen molar-refractivity contribution in [2.24, 2.45) is 5.41 Å². The van der Waals surface area contributed by atoms with Gasteiger partial charge in [0.2, 0.25) is 5.91 Å². The van der Waals surface area contributed by atoms with Gasteiger partial charge in [0, 0.05) is 55.2 Å². The molecule has 2 fully saturated rings. The monoisotopic (exact) mass is 509 g/mol. The molecule has 5 heterocycles. The van der Waals surface area contributed by atoms with E-state index in [1.807, 2.05) is 4.90 Å². The predicted molar refractivity (Wildman–Crippen MR) is 121 cm³/mol. The minimum absolute atomic E-state index is 0.0334. The second-order valence-corrected chi connectivity index (χ2v) is 9.52. The van der Waals surface area contributed by atoms with Crippen LogP contribution in [0.1, 0.15) is 36.5 Å². The quantitative estimate of drug-likeness (QED) is 0.492. The van der Waals surface area contributed by atoms with Gasteiger partial charge in [-0.2, -0.15) is 18.3 Å². The molecule has 2 saturated heterocycles. The number of hydrogen-bond donors (Lipinski definition) is 0. The lowest BCUT2D eigenvalue weighted by molar-refractivity contribution is -0.141. The van der Waals surface area contributed by atoms with Crippen molar-refractivity contribution in [2.45, 2.75) is 52.3 Å². The van der Waals surface area contributed by atoms with Gasteiger partial charge in [-0.05, 0) is 26.7 Å². The highest BCUT2D eigenvalue weighted by Gasteiger charge is 2.46. The topological polar surface area (TPSA) is 80.0 Å². The Morgan fingerprint density at radius 1 is 1.08 bits per heavy atom. The maximum atomic E-state index is 13.2. The van der Waals surface area contributed by atoms with Crippen molar-refractivity contribution < 1.29 is 26.7 Å². The fourth-order valence-corrected chi connectivity index (χ4v) is 5.14. The molecule has 36 heavy (non-hydrogen) atoms. The lowest BCUT2D eigenvalue weighted by Crippen LogP contribution is -2.42. The van der Waals surface area contributed by atoms with Gasteiger partial charge in [0.1, 0.15) is 29.7 Å². The summed E-state index contributed by atoms with van der Waals surface area (Å²) in [5, 5.41) is 4.91. The number of halogens is 5. The first-order chi connectivity index (χ1) is 16.9. The van der Waals surface area contributed by atoms with Crippen LogP contribution in [0.25, 0.3) is 10.9 Å². The smallest absolute Gasteiger partial charge is 0.357 e. The number of amides is 1. The Labute approximate surface area is 203 Å². The first-order valence-corrected chi connectivity index (χ1v) is 11.5. The number of nitrogens with zero attached hydrogens (tertiary/aromatic N) is 7. The number of alkyl halides is 5. The Balaban J connectivity index is 1.33. The molecule has 0 aromatic carbocycles. The van der Waals surface area contributed by atoms with E-state index in [0.29, 0.717) is 48.3 Å². The number of aromatic nitrogens is 5. The van der Waals surface area contributed by atoms with E-state index < -0.39 is 24.8 Å². The molecule has 3 aromatic heterocycles. The number of aryl methyl sites for hydroxylation is 2. The summed E-state index contributed by atoms with van der Waals surface area (Å²) in [6.07, 6.45) is -4.06. The van der Waals surface area contributed by atoms with E-state index in [1.165, 1.54) is 16.5 Å². The molecular weight excluding hydrogens is 485 g/mol. The van der Waals surface area contributed by atoms with Crippen molar-refractivity contribution in [3.05, 3.63) is 35.5 Å². The molecule has 5 rings (SSSR count). The van der Waals surface area contributed by atoms with Gasteiger partial charge in [-0.15, -0.1) is 0 Å². The molecule has 0 unspecified atom stereocenters. The summed E-state index contributed by atoms with van der Waals surface area (Å²) in [4.78, 5) is 28.2. The highest BCUT2D eigenvalue weighted by Crippen LogP contribution is 2.43. The van der Waals surface area contributed by atoms with Gasteiger partial charge in [-0.3, -0.25) is 14.4 Å². The minimum Gasteiger partial charge on any atom is -0.357 e. The normalized spacial score (nSPS) is 18.3. The Hall–Kier alpha value is -3.38. The summed E-state index contributed by atoms with van der Waals surface area (Å²) in [5.74, 6) is 0.288. The molecule has 1 spiro atoms. The first-order valence-electron chi connectivity index (χ1n) is 11.5. The van der Waals surface area contributed by atoms with E-state index in [1.54, 1.807) is 19.2 Å². The lowest BCUT2D eigenvalue weighted by atomic mass is 9.77. The second-order valence-electron chi connectivity index (χ2n) is 9.52. The van der Waals surface area contributed by atoms with Crippen LogP contribution in [0, 0.1) is 19.3 Å². The standard InChI is InChI=1S/C23H24F5N7O/c1-13-15-10-29-19(7-16(15)35(32-13)11-18(24)25)33-5-3-22(4-6-33)9-21(36)34(12-22)20-8-17(23(26,27)28)30-14(2)31-20/h7-8,10,18H,3-6,9,11-12H2,1-2H3. The number of hydrogen-bond acceptors (Lipinski definition) is 6. The molecule has 2 aliphatic heterocycles. The van der Waals surface area contributed by atoms with Gasteiger partial charge < -0.3 is 4.90 Å². The molecule has 13 heteroatoms. The summed E-state index contributed by atoms with van der Waals surface area (Å²) in [6.45, 7) is 4.02. The minimum atomic E-state index is -4.63. The van der Waals surface area contributed by atoms with Crippen molar-refractivity contribution in [1.82, 2.24) is 24.7 Å². The fourth-order valence-electron chi connectivity index (χ4n) is 5.14. The van der Waals surface area contributed by atoms with Crippen LogP contribution in [0.2, 0.25) is 0 Å². The number of carbonyl (C=O) groups excluding carboxylic acids is 1. The Bertz CT molecular complexity index is 1310. The third-order valence-corrected chi connectivity index (χ3v) is 6.98. The average Bonchev–Trinajstić information content (AvgIpc) is 3.28. The molecule has 0 aliphatic carbocycles. The van der Waals surface area contributed by atoms with Crippen LogP contribution in [-0.2, 0) is 17.5 Å². The van der Waals surface area contributed by atoms with Gasteiger partial charge in [0.05, 0.1) is 11.2 Å². The number of piperidine rings is 1. The Kier molecular flexibility index (Phi) is 5.83. The summed E-state index contributed by atoms with van der Waals surface area (Å²) < 4.78 is 66.9. The lowest BCUT2D eigenvalue weighted by Gasteiger charge is -2.39. The van der Waals surface area contributed by atoms with Crippen molar-refractivity contribution in [3.8, 4) is 0 Å². The summed E-state index contributed by atoms with van der Waals surface area (Å²) in [6, 6.07) is 2.58. The Morgan fingerprint density at radius 2 is 1.81 bits per heavy atom. The zero-order valence-electron chi connectivity index (χ0n) is 19.7. The molecule has 0 radical (unpaired) electrons. The predicted octanol–water partition coefficient (Wildman–Crippen LogP) is 4.15. The molecule has 2 aliphatic rings. The summed E-state index contributed by atoms with van der Waals surface area (Å²) >= 11 is 0. The van der Waals surface area contributed by atoms with E-state index in [9.17, 15) is 26.7 Å². The molecule has 0 atom stereocenters. The van der Waals surface area contributed by atoms with E-state index in [-0.39, 0.29) is 35.9 Å². The van der Waals surface area contributed by atoms with Crippen LogP contribution in [0.15, 0.2) is 18.3 Å². The third kappa shape index (κ3) is 4.46. The maximum absolute atomic E-state index is 13.2. The SMILES string of the molecule is Cc1nc(N2CC3(CCN(c4cc5c(cn4)c(C)nn5CC(F)F)CC3)CC2=O)cc(C(F)(F)F)n1. The zero-order valence-corrected chi connectivity index (χ0v) is 19.7. The van der Waals surface area contributed by atoms with Gasteiger partial charge in [-0.1, -0.05) is 0 Å². The van der Waals surface area contributed by atoms with E-state index in [2.05, 4.69) is 20.1 Å². The molecule has 8 nitrogen and oxygen atoms in total. The van der Waals surface area contributed by atoms with Crippen molar-refractivity contribution in [3.63, 3.8) is 0 Å². The van der Waals surface area contributed by atoms with E-state index >= 15 is 0 Å². The van der Waals surface area contributed by atoms with Crippen LogP contribution < -0.4 is 9.80 Å². The molecule has 0 N–H and O–H groups in total. The first kappa shape index (κ1) is 24.3. The molecule has 0 saturated carbocycles. The van der Waals surface area contributed by atoms with E-state index in [4.69, 9.17) is 0 Å². The van der Waals surface area contributed by atoms with Gasteiger partial charge >= 0.3 is 6.18 Å². The fraction of sp³-hybridized carbons (Fsp3) is 0.522. The van der Waals surface area contributed by atoms with Gasteiger partial charge in [0.15, 0.2) is 0 Å². The van der Waals surface area contributed by atoms with Crippen LogP contribution >= 0.6 is 0 Å². The average molecular weight is 509 g/mol. The van der Waals surface area contributed by atoms with Crippen LogP contribution in [0.4, 0.5) is 33.6 Å². The summed E-state index contributed by atoms with van der Waals surface area (Å²) in [7, 11) is 0. The van der Waals surface area contributed by atoms with Crippen molar-refractivity contribution in [2.75, 3.05) is 29.4 Å². The molecule has 192 valence electrons. The largest absolute Gasteiger partial charge is 0.433 e. The zero-order chi connectivity index (χ0) is 25.8. The highest BCUT2D eigenvalue weighted by molar-refractivity contribution is 5.95. The number of carbonyl (C=O) groups is 1. The number of pyridine rings is 1. The number of rotatable bonds is 4. The molecule has 0 bridgehead atoms.